The summed E-state index contributed by atoms with van der Waals surface area (Å²) < 4.78 is 0.0170. The quantitative estimate of drug-likeness (QED) is 0.882. The molecule has 0 amide bonds. The smallest absolute Gasteiger partial charge is 0.339 e. The molecule has 0 bridgehead atoms. The van der Waals surface area contributed by atoms with E-state index < -0.39 is 5.97 Å². The van der Waals surface area contributed by atoms with Gasteiger partial charge in [0, 0.05) is 16.7 Å². The number of para-hydroxylation sites is 1. The normalized spacial score (nSPS) is 11.6. The second-order valence-electron chi connectivity index (χ2n) is 5.20. The summed E-state index contributed by atoms with van der Waals surface area (Å²) in [4.78, 5) is 15.8. The molecule has 2 N–H and O–H groups in total. The SMILES string of the molecule is CSC(C)(C)CNc1nc2ccccc2cc1C(=O)O. The Hall–Kier alpha value is -1.75. The first-order valence-corrected chi connectivity index (χ1v) is 7.57. The lowest BCUT2D eigenvalue weighted by Gasteiger charge is -2.23. The first-order chi connectivity index (χ1) is 9.43. The Morgan fingerprint density at radius 3 is 2.75 bits per heavy atom. The van der Waals surface area contributed by atoms with Crippen molar-refractivity contribution in [2.45, 2.75) is 18.6 Å². The summed E-state index contributed by atoms with van der Waals surface area (Å²) in [6.45, 7) is 4.86. The molecule has 2 rings (SSSR count). The molecule has 1 heterocycles. The highest BCUT2D eigenvalue weighted by atomic mass is 32.2. The van der Waals surface area contributed by atoms with Gasteiger partial charge in [-0.3, -0.25) is 0 Å². The van der Waals surface area contributed by atoms with Crippen molar-refractivity contribution in [1.82, 2.24) is 4.98 Å². The summed E-state index contributed by atoms with van der Waals surface area (Å²) >= 11 is 1.73. The Balaban J connectivity index is 2.39. The molecule has 4 nitrogen and oxygen atoms in total. The van der Waals surface area contributed by atoms with Gasteiger partial charge in [-0.15, -0.1) is 0 Å². The van der Waals surface area contributed by atoms with E-state index in [0.29, 0.717) is 12.4 Å². The number of thioether (sulfide) groups is 1. The summed E-state index contributed by atoms with van der Waals surface area (Å²) in [7, 11) is 0. The zero-order chi connectivity index (χ0) is 14.8. The third kappa shape index (κ3) is 3.22. The van der Waals surface area contributed by atoms with Crippen LogP contribution in [-0.4, -0.2) is 33.6 Å². The molecule has 0 unspecified atom stereocenters. The zero-order valence-electron chi connectivity index (χ0n) is 11.8. The Morgan fingerprint density at radius 1 is 1.40 bits per heavy atom. The Morgan fingerprint density at radius 2 is 2.10 bits per heavy atom. The van der Waals surface area contributed by atoms with Gasteiger partial charge in [-0.25, -0.2) is 9.78 Å². The number of carbonyl (C=O) groups is 1. The maximum absolute atomic E-state index is 11.4. The molecule has 0 saturated carbocycles. The summed E-state index contributed by atoms with van der Waals surface area (Å²) in [5, 5.41) is 13.3. The number of hydrogen-bond acceptors (Lipinski definition) is 4. The number of nitrogens with one attached hydrogen (secondary N) is 1. The monoisotopic (exact) mass is 290 g/mol. The van der Waals surface area contributed by atoms with Crippen LogP contribution in [0.25, 0.3) is 10.9 Å². The van der Waals surface area contributed by atoms with E-state index in [9.17, 15) is 9.90 Å². The lowest BCUT2D eigenvalue weighted by Crippen LogP contribution is -2.27. The van der Waals surface area contributed by atoms with Crippen LogP contribution in [0.2, 0.25) is 0 Å². The molecule has 0 spiro atoms. The van der Waals surface area contributed by atoms with E-state index in [1.165, 1.54) is 0 Å². The van der Waals surface area contributed by atoms with Gasteiger partial charge in [0.25, 0.3) is 0 Å². The molecular formula is C15H18N2O2S. The highest BCUT2D eigenvalue weighted by Crippen LogP contribution is 2.24. The van der Waals surface area contributed by atoms with Crippen LogP contribution >= 0.6 is 11.8 Å². The molecule has 2 aromatic rings. The van der Waals surface area contributed by atoms with E-state index in [1.54, 1.807) is 17.8 Å². The Kier molecular flexibility index (Phi) is 4.18. The van der Waals surface area contributed by atoms with Crippen LogP contribution in [0.4, 0.5) is 5.82 Å². The van der Waals surface area contributed by atoms with Crippen molar-refractivity contribution < 1.29 is 9.90 Å². The van der Waals surface area contributed by atoms with Crippen LogP contribution in [0.5, 0.6) is 0 Å². The van der Waals surface area contributed by atoms with E-state index in [-0.39, 0.29) is 10.3 Å². The van der Waals surface area contributed by atoms with Gasteiger partial charge < -0.3 is 10.4 Å². The summed E-state index contributed by atoms with van der Waals surface area (Å²) in [6, 6.07) is 9.18. The second-order valence-corrected chi connectivity index (χ2v) is 6.71. The van der Waals surface area contributed by atoms with Gasteiger partial charge in [-0.2, -0.15) is 11.8 Å². The Labute approximate surface area is 122 Å². The molecule has 1 aromatic carbocycles. The van der Waals surface area contributed by atoms with E-state index in [2.05, 4.69) is 24.1 Å². The summed E-state index contributed by atoms with van der Waals surface area (Å²) in [6.07, 6.45) is 2.04. The first-order valence-electron chi connectivity index (χ1n) is 6.35. The van der Waals surface area contributed by atoms with Crippen LogP contribution in [0.15, 0.2) is 30.3 Å². The fourth-order valence-electron chi connectivity index (χ4n) is 1.78. The number of nitrogens with zero attached hydrogens (tertiary/aromatic N) is 1. The molecule has 0 atom stereocenters. The minimum atomic E-state index is -0.965. The predicted octanol–water partition coefficient (Wildman–Crippen LogP) is 3.49. The number of benzene rings is 1. The van der Waals surface area contributed by atoms with E-state index in [0.717, 1.165) is 10.9 Å². The number of hydrogen-bond donors (Lipinski definition) is 2. The standard InChI is InChI=1S/C15H18N2O2S/c1-15(2,20-3)9-16-13-11(14(18)19)8-10-6-4-5-7-12(10)17-13/h4-8H,9H2,1-3H3,(H,16,17)(H,18,19). The number of pyridine rings is 1. The molecule has 0 fully saturated rings. The molecule has 106 valence electrons. The fourth-order valence-corrected chi connectivity index (χ4v) is 2.00. The number of carboxylic acid groups (broad SMARTS) is 1. The predicted molar refractivity (Wildman–Crippen MR) is 84.8 cm³/mol. The average Bonchev–Trinajstić information content (AvgIpc) is 2.44. The van der Waals surface area contributed by atoms with Crippen molar-refractivity contribution >= 4 is 34.5 Å². The molecular weight excluding hydrogens is 272 g/mol. The van der Waals surface area contributed by atoms with Gasteiger partial charge in [0.1, 0.15) is 11.4 Å². The minimum Gasteiger partial charge on any atom is -0.478 e. The topological polar surface area (TPSA) is 62.2 Å². The number of fused-ring (bicyclic) bond motifs is 1. The zero-order valence-corrected chi connectivity index (χ0v) is 12.6. The van der Waals surface area contributed by atoms with Crippen LogP contribution in [0.1, 0.15) is 24.2 Å². The number of carboxylic acids is 1. The fraction of sp³-hybridized carbons (Fsp3) is 0.333. The van der Waals surface area contributed by atoms with Gasteiger partial charge in [0.15, 0.2) is 0 Å². The highest BCUT2D eigenvalue weighted by Gasteiger charge is 2.19. The second kappa shape index (κ2) is 5.71. The minimum absolute atomic E-state index is 0.0170. The van der Waals surface area contributed by atoms with Gasteiger partial charge in [-0.05, 0) is 32.2 Å². The largest absolute Gasteiger partial charge is 0.478 e. The summed E-state index contributed by atoms with van der Waals surface area (Å²) in [5.74, 6) is -0.536. The summed E-state index contributed by atoms with van der Waals surface area (Å²) in [5.41, 5.74) is 1.00. The third-order valence-corrected chi connectivity index (χ3v) is 4.44. The highest BCUT2D eigenvalue weighted by molar-refractivity contribution is 7.99. The number of anilines is 1. The molecule has 5 heteroatoms. The number of rotatable bonds is 5. The number of aromatic carboxylic acids is 1. The van der Waals surface area contributed by atoms with Crippen LogP contribution in [-0.2, 0) is 0 Å². The van der Waals surface area contributed by atoms with Gasteiger partial charge in [0.05, 0.1) is 5.52 Å². The molecule has 0 radical (unpaired) electrons. The molecule has 0 saturated heterocycles. The molecule has 0 aliphatic rings. The molecule has 0 aliphatic heterocycles. The van der Waals surface area contributed by atoms with Crippen molar-refractivity contribution in [3.05, 3.63) is 35.9 Å². The van der Waals surface area contributed by atoms with Gasteiger partial charge in [0.2, 0.25) is 0 Å². The van der Waals surface area contributed by atoms with Crippen molar-refractivity contribution in [1.29, 1.82) is 0 Å². The molecule has 1 aromatic heterocycles. The molecule has 0 aliphatic carbocycles. The number of aromatic nitrogens is 1. The maximum Gasteiger partial charge on any atom is 0.339 e. The Bertz CT molecular complexity index is 641. The van der Waals surface area contributed by atoms with Crippen molar-refractivity contribution in [3.8, 4) is 0 Å². The maximum atomic E-state index is 11.4. The average molecular weight is 290 g/mol. The lowest BCUT2D eigenvalue weighted by atomic mass is 10.1. The van der Waals surface area contributed by atoms with Crippen molar-refractivity contribution in [2.75, 3.05) is 18.1 Å². The lowest BCUT2D eigenvalue weighted by molar-refractivity contribution is 0.0697. The van der Waals surface area contributed by atoms with E-state index >= 15 is 0 Å². The first kappa shape index (κ1) is 14.7. The van der Waals surface area contributed by atoms with Gasteiger partial charge in [-0.1, -0.05) is 18.2 Å². The van der Waals surface area contributed by atoms with Crippen molar-refractivity contribution in [2.24, 2.45) is 0 Å². The third-order valence-electron chi connectivity index (χ3n) is 3.19. The van der Waals surface area contributed by atoms with Crippen LogP contribution in [0, 0.1) is 0 Å². The molecule has 20 heavy (non-hydrogen) atoms. The van der Waals surface area contributed by atoms with E-state index in [4.69, 9.17) is 0 Å². The van der Waals surface area contributed by atoms with Crippen LogP contribution in [0.3, 0.4) is 0 Å². The van der Waals surface area contributed by atoms with Gasteiger partial charge >= 0.3 is 5.97 Å². The van der Waals surface area contributed by atoms with Crippen molar-refractivity contribution in [3.63, 3.8) is 0 Å². The van der Waals surface area contributed by atoms with E-state index in [1.807, 2.05) is 30.5 Å². The van der Waals surface area contributed by atoms with Crippen LogP contribution < -0.4 is 5.32 Å².